The zero-order valence-electron chi connectivity index (χ0n) is 14.1. The number of carbonyl (C=O) groups excluding carboxylic acids is 1. The minimum Gasteiger partial charge on any atom is -0.464 e. The van der Waals surface area contributed by atoms with Crippen LogP contribution in [0.2, 0.25) is 0 Å². The predicted octanol–water partition coefficient (Wildman–Crippen LogP) is 3.50. The van der Waals surface area contributed by atoms with Crippen LogP contribution in [0.5, 0.6) is 0 Å². The molecule has 4 aromatic rings. The summed E-state index contributed by atoms with van der Waals surface area (Å²) in [5.41, 5.74) is 4.15. The Hall–Kier alpha value is -3.21. The number of esters is 1. The van der Waals surface area contributed by atoms with Crippen LogP contribution in [0.25, 0.3) is 21.9 Å². The molecule has 0 saturated carbocycles. The first kappa shape index (κ1) is 15.3. The van der Waals surface area contributed by atoms with Gasteiger partial charge in [0.2, 0.25) is 0 Å². The molecule has 4 rings (SSSR count). The molecule has 3 aromatic heterocycles. The van der Waals surface area contributed by atoms with Crippen molar-refractivity contribution in [2.45, 2.75) is 6.42 Å². The van der Waals surface area contributed by atoms with Crippen molar-refractivity contribution in [1.82, 2.24) is 14.5 Å². The van der Waals surface area contributed by atoms with E-state index >= 15 is 0 Å². The van der Waals surface area contributed by atoms with Gasteiger partial charge in [-0.25, -0.2) is 14.8 Å². The average Bonchev–Trinajstić information content (AvgIpc) is 2.95. The summed E-state index contributed by atoms with van der Waals surface area (Å²) in [7, 11) is 3.35. The summed E-state index contributed by atoms with van der Waals surface area (Å²) in [6.07, 6.45) is 2.40. The van der Waals surface area contributed by atoms with Crippen LogP contribution in [0.3, 0.4) is 0 Å². The zero-order chi connectivity index (χ0) is 17.4. The highest BCUT2D eigenvalue weighted by molar-refractivity contribution is 6.09. The third-order valence-corrected chi connectivity index (χ3v) is 4.40. The van der Waals surface area contributed by atoms with Crippen LogP contribution < -0.4 is 0 Å². The second kappa shape index (κ2) is 6.02. The maximum absolute atomic E-state index is 12.1. The second-order valence-corrected chi connectivity index (χ2v) is 5.94. The highest BCUT2D eigenvalue weighted by Crippen LogP contribution is 2.30. The minimum absolute atomic E-state index is 0.317. The monoisotopic (exact) mass is 331 g/mol. The van der Waals surface area contributed by atoms with Crippen molar-refractivity contribution in [1.29, 1.82) is 0 Å². The van der Waals surface area contributed by atoms with Crippen molar-refractivity contribution >= 4 is 27.9 Å². The largest absolute Gasteiger partial charge is 0.464 e. The van der Waals surface area contributed by atoms with Crippen LogP contribution in [0, 0.1) is 0 Å². The van der Waals surface area contributed by atoms with Crippen LogP contribution >= 0.6 is 0 Å². The molecule has 5 nitrogen and oxygen atoms in total. The number of aryl methyl sites for hydroxylation is 1. The van der Waals surface area contributed by atoms with Gasteiger partial charge >= 0.3 is 5.97 Å². The molecular weight excluding hydrogens is 314 g/mol. The van der Waals surface area contributed by atoms with E-state index in [0.29, 0.717) is 12.1 Å². The van der Waals surface area contributed by atoms with Gasteiger partial charge < -0.3 is 9.30 Å². The van der Waals surface area contributed by atoms with E-state index in [1.54, 1.807) is 12.3 Å². The summed E-state index contributed by atoms with van der Waals surface area (Å²) in [6.45, 7) is 0. The van der Waals surface area contributed by atoms with Crippen LogP contribution in [0.4, 0.5) is 0 Å². The highest BCUT2D eigenvalue weighted by atomic mass is 16.5. The lowest BCUT2D eigenvalue weighted by atomic mass is 10.1. The number of ether oxygens (including phenoxy) is 1. The first-order chi connectivity index (χ1) is 12.2. The fourth-order valence-electron chi connectivity index (χ4n) is 3.27. The molecule has 0 unspecified atom stereocenters. The number of methoxy groups -OCH3 is 1. The van der Waals surface area contributed by atoms with Crippen molar-refractivity contribution in [3.8, 4) is 0 Å². The van der Waals surface area contributed by atoms with Gasteiger partial charge in [0, 0.05) is 30.4 Å². The molecule has 0 aliphatic heterocycles. The summed E-state index contributed by atoms with van der Waals surface area (Å²) in [6, 6.07) is 15.8. The predicted molar refractivity (Wildman–Crippen MR) is 96.6 cm³/mol. The van der Waals surface area contributed by atoms with Gasteiger partial charge in [-0.2, -0.15) is 0 Å². The Bertz CT molecular complexity index is 1080. The molecule has 1 aromatic carbocycles. The molecular formula is C20H17N3O2. The molecule has 0 saturated heterocycles. The van der Waals surface area contributed by atoms with Gasteiger partial charge in [-0.1, -0.05) is 30.3 Å². The maximum atomic E-state index is 12.1. The molecule has 0 spiro atoms. The van der Waals surface area contributed by atoms with Gasteiger partial charge in [-0.3, -0.25) is 0 Å². The lowest BCUT2D eigenvalue weighted by Crippen LogP contribution is -2.08. The molecule has 0 atom stereocenters. The van der Waals surface area contributed by atoms with E-state index in [1.807, 2.05) is 41.9 Å². The van der Waals surface area contributed by atoms with Gasteiger partial charge in [0.1, 0.15) is 11.3 Å². The van der Waals surface area contributed by atoms with Crippen molar-refractivity contribution in [3.63, 3.8) is 0 Å². The molecule has 124 valence electrons. The number of hydrogen-bond donors (Lipinski definition) is 0. The van der Waals surface area contributed by atoms with E-state index in [-0.39, 0.29) is 0 Å². The van der Waals surface area contributed by atoms with Crippen molar-refractivity contribution in [3.05, 3.63) is 71.7 Å². The van der Waals surface area contributed by atoms with Gasteiger partial charge in [-0.05, 0) is 23.8 Å². The number of fused-ring (bicyclic) bond motifs is 3. The number of carbonyl (C=O) groups is 1. The zero-order valence-corrected chi connectivity index (χ0v) is 14.1. The summed E-state index contributed by atoms with van der Waals surface area (Å²) in [5.74, 6) is -0.433. The van der Waals surface area contributed by atoms with E-state index in [9.17, 15) is 4.79 Å². The van der Waals surface area contributed by atoms with E-state index < -0.39 is 5.97 Å². The third kappa shape index (κ3) is 2.54. The summed E-state index contributed by atoms with van der Waals surface area (Å²) >= 11 is 0. The molecule has 0 radical (unpaired) electrons. The third-order valence-electron chi connectivity index (χ3n) is 4.40. The fraction of sp³-hybridized carbons (Fsp3) is 0.150. The Morgan fingerprint density at radius 2 is 1.92 bits per heavy atom. The normalized spacial score (nSPS) is 11.1. The fourth-order valence-corrected chi connectivity index (χ4v) is 3.27. The quantitative estimate of drug-likeness (QED) is 0.539. The molecule has 0 bridgehead atoms. The van der Waals surface area contributed by atoms with Gasteiger partial charge in [-0.15, -0.1) is 0 Å². The molecule has 0 N–H and O–H groups in total. The first-order valence-electron chi connectivity index (χ1n) is 8.04. The Kier molecular flexibility index (Phi) is 3.69. The minimum atomic E-state index is -0.433. The average molecular weight is 331 g/mol. The number of nitrogens with zero attached hydrogens (tertiary/aromatic N) is 3. The van der Waals surface area contributed by atoms with Gasteiger partial charge in [0.05, 0.1) is 18.3 Å². The number of hydrogen-bond acceptors (Lipinski definition) is 4. The van der Waals surface area contributed by atoms with Gasteiger partial charge in [0.15, 0.2) is 0 Å². The molecule has 5 heteroatoms. The lowest BCUT2D eigenvalue weighted by molar-refractivity contribution is 0.0594. The molecule has 25 heavy (non-hydrogen) atoms. The number of rotatable bonds is 3. The number of benzene rings is 1. The molecule has 0 aliphatic rings. The van der Waals surface area contributed by atoms with E-state index in [2.05, 4.69) is 22.1 Å². The van der Waals surface area contributed by atoms with Gasteiger partial charge in [0.25, 0.3) is 0 Å². The first-order valence-corrected chi connectivity index (χ1v) is 8.04. The van der Waals surface area contributed by atoms with Crippen LogP contribution in [0.1, 0.15) is 21.7 Å². The van der Waals surface area contributed by atoms with Crippen LogP contribution in [-0.4, -0.2) is 27.6 Å². The molecule has 0 amide bonds. The second-order valence-electron chi connectivity index (χ2n) is 5.94. The number of aromatic nitrogens is 3. The topological polar surface area (TPSA) is 57.0 Å². The smallest absolute Gasteiger partial charge is 0.356 e. The molecule has 0 aliphatic carbocycles. The van der Waals surface area contributed by atoms with Crippen LogP contribution in [-0.2, 0) is 18.2 Å². The molecule has 0 fully saturated rings. The maximum Gasteiger partial charge on any atom is 0.356 e. The van der Waals surface area contributed by atoms with Crippen molar-refractivity contribution in [2.75, 3.05) is 7.11 Å². The van der Waals surface area contributed by atoms with E-state index in [4.69, 9.17) is 4.74 Å². The summed E-state index contributed by atoms with van der Waals surface area (Å²) in [4.78, 5) is 21.2. The number of pyridine rings is 2. The Labute approximate surface area is 144 Å². The Balaban J connectivity index is 2.03. The summed E-state index contributed by atoms with van der Waals surface area (Å²) in [5, 5.41) is 1.97. The standard InChI is InChI=1S/C20H17N3O2/c1-23-18-15(14-9-6-10-21-19(14)23)12-17(20(24)25-2)22-16(18)11-13-7-4-3-5-8-13/h3-10,12H,11H2,1-2H3. The van der Waals surface area contributed by atoms with E-state index in [0.717, 1.165) is 33.2 Å². The lowest BCUT2D eigenvalue weighted by Gasteiger charge is -2.08. The molecule has 3 heterocycles. The van der Waals surface area contributed by atoms with E-state index in [1.165, 1.54) is 7.11 Å². The SMILES string of the molecule is COC(=O)c1cc2c3cccnc3n(C)c2c(Cc2ccccc2)n1. The van der Waals surface area contributed by atoms with Crippen LogP contribution in [0.15, 0.2) is 54.7 Å². The Morgan fingerprint density at radius 1 is 1.12 bits per heavy atom. The highest BCUT2D eigenvalue weighted by Gasteiger charge is 2.18. The Morgan fingerprint density at radius 3 is 2.68 bits per heavy atom. The summed E-state index contributed by atoms with van der Waals surface area (Å²) < 4.78 is 6.92. The van der Waals surface area contributed by atoms with Crippen molar-refractivity contribution in [2.24, 2.45) is 7.05 Å². The van der Waals surface area contributed by atoms with Crippen molar-refractivity contribution < 1.29 is 9.53 Å².